The van der Waals surface area contributed by atoms with Crippen LogP contribution in [0.5, 0.6) is 0 Å². The van der Waals surface area contributed by atoms with Gasteiger partial charge in [-0.1, -0.05) is 30.3 Å². The van der Waals surface area contributed by atoms with E-state index in [0.717, 1.165) is 17.7 Å². The average molecular weight is 428 g/mol. The molecule has 1 fully saturated rings. The van der Waals surface area contributed by atoms with Crippen molar-refractivity contribution in [1.29, 1.82) is 0 Å². The number of rotatable bonds is 5. The number of aromatic nitrogens is 2. The first-order valence-electron chi connectivity index (χ1n) is 9.65. The van der Waals surface area contributed by atoms with E-state index < -0.39 is 23.6 Å². The minimum absolute atomic E-state index is 0.00866. The molecule has 1 aliphatic rings. The van der Waals surface area contributed by atoms with Crippen molar-refractivity contribution in [2.24, 2.45) is 5.92 Å². The third-order valence-electron chi connectivity index (χ3n) is 5.13. The van der Waals surface area contributed by atoms with Gasteiger partial charge in [0.1, 0.15) is 0 Å². The van der Waals surface area contributed by atoms with Gasteiger partial charge in [0.15, 0.2) is 0 Å². The van der Waals surface area contributed by atoms with Crippen LogP contribution in [0, 0.1) is 5.92 Å². The van der Waals surface area contributed by atoms with E-state index in [1.165, 1.54) is 16.9 Å². The van der Waals surface area contributed by atoms with Crippen LogP contribution < -0.4 is 5.32 Å². The molecule has 1 atom stereocenters. The lowest BCUT2D eigenvalue weighted by Crippen LogP contribution is -2.28. The molecule has 160 valence electrons. The van der Waals surface area contributed by atoms with Crippen molar-refractivity contribution in [1.82, 2.24) is 14.7 Å². The monoisotopic (exact) mass is 428 g/mol. The summed E-state index contributed by atoms with van der Waals surface area (Å²) in [4.78, 5) is 26.8. The zero-order valence-electron chi connectivity index (χ0n) is 16.3. The van der Waals surface area contributed by atoms with Crippen molar-refractivity contribution in [3.8, 4) is 5.69 Å². The molecule has 2 amide bonds. The van der Waals surface area contributed by atoms with E-state index in [1.807, 2.05) is 30.3 Å². The first-order valence-corrected chi connectivity index (χ1v) is 9.65. The summed E-state index contributed by atoms with van der Waals surface area (Å²) in [6.45, 7) is 0.584. The number of likely N-dealkylation sites (tertiary alicyclic amines) is 1. The highest BCUT2D eigenvalue weighted by Gasteiger charge is 2.35. The van der Waals surface area contributed by atoms with Crippen LogP contribution in [-0.4, -0.2) is 33.0 Å². The molecule has 0 bridgehead atoms. The van der Waals surface area contributed by atoms with Gasteiger partial charge in [-0.25, -0.2) is 4.68 Å². The van der Waals surface area contributed by atoms with Gasteiger partial charge in [0.2, 0.25) is 11.8 Å². The largest absolute Gasteiger partial charge is 0.416 e. The van der Waals surface area contributed by atoms with Gasteiger partial charge in [0.05, 0.1) is 22.9 Å². The highest BCUT2D eigenvalue weighted by Crippen LogP contribution is 2.34. The molecule has 0 saturated carbocycles. The van der Waals surface area contributed by atoms with E-state index in [-0.39, 0.29) is 24.6 Å². The fourth-order valence-corrected chi connectivity index (χ4v) is 3.56. The van der Waals surface area contributed by atoms with Gasteiger partial charge in [0.25, 0.3) is 0 Å². The summed E-state index contributed by atoms with van der Waals surface area (Å²) in [5, 5.41) is 6.62. The molecule has 1 saturated heterocycles. The molecule has 3 aromatic rings. The molecule has 0 spiro atoms. The SMILES string of the molecule is O=C(Nc1cc(C(F)(F)F)ccc1-n1cccn1)C1CC(=O)N(Cc2ccccc2)C1. The van der Waals surface area contributed by atoms with Crippen LogP contribution in [-0.2, 0) is 22.3 Å². The normalized spacial score (nSPS) is 16.5. The Kier molecular flexibility index (Phi) is 5.50. The van der Waals surface area contributed by atoms with Crippen LogP contribution in [0.1, 0.15) is 17.5 Å². The molecule has 0 aliphatic carbocycles. The highest BCUT2D eigenvalue weighted by atomic mass is 19.4. The summed E-state index contributed by atoms with van der Waals surface area (Å²) in [6.07, 6.45) is -1.49. The molecule has 6 nitrogen and oxygen atoms in total. The Hall–Kier alpha value is -3.62. The highest BCUT2D eigenvalue weighted by molar-refractivity contribution is 5.98. The molecule has 2 aromatic carbocycles. The maximum atomic E-state index is 13.2. The summed E-state index contributed by atoms with van der Waals surface area (Å²) in [5.41, 5.74) is 0.344. The maximum absolute atomic E-state index is 13.2. The van der Waals surface area contributed by atoms with E-state index in [1.54, 1.807) is 17.2 Å². The summed E-state index contributed by atoms with van der Waals surface area (Å²) < 4.78 is 41.0. The van der Waals surface area contributed by atoms with Crippen LogP contribution in [0.3, 0.4) is 0 Å². The fourth-order valence-electron chi connectivity index (χ4n) is 3.56. The minimum Gasteiger partial charge on any atom is -0.338 e. The number of carbonyl (C=O) groups is 2. The van der Waals surface area contributed by atoms with Gasteiger partial charge in [-0.3, -0.25) is 9.59 Å². The first-order chi connectivity index (χ1) is 14.8. The molecular formula is C22H19F3N4O2. The molecule has 1 aromatic heterocycles. The summed E-state index contributed by atoms with van der Waals surface area (Å²) in [5.74, 6) is -1.33. The molecule has 2 heterocycles. The topological polar surface area (TPSA) is 67.2 Å². The lowest BCUT2D eigenvalue weighted by atomic mass is 10.1. The van der Waals surface area contributed by atoms with Crippen LogP contribution in [0.15, 0.2) is 67.0 Å². The Labute approximate surface area is 176 Å². The Morgan fingerprint density at radius 3 is 2.58 bits per heavy atom. The fraction of sp³-hybridized carbons (Fsp3) is 0.227. The molecule has 9 heteroatoms. The van der Waals surface area contributed by atoms with Crippen molar-refractivity contribution in [3.63, 3.8) is 0 Å². The van der Waals surface area contributed by atoms with Crippen molar-refractivity contribution in [3.05, 3.63) is 78.1 Å². The third-order valence-corrected chi connectivity index (χ3v) is 5.13. The van der Waals surface area contributed by atoms with Crippen LogP contribution in [0.4, 0.5) is 18.9 Å². The van der Waals surface area contributed by atoms with Gasteiger partial charge >= 0.3 is 6.18 Å². The number of hydrogen-bond acceptors (Lipinski definition) is 3. The zero-order valence-corrected chi connectivity index (χ0v) is 16.3. The molecule has 1 N–H and O–H groups in total. The molecular weight excluding hydrogens is 409 g/mol. The maximum Gasteiger partial charge on any atom is 0.416 e. The number of nitrogens with zero attached hydrogens (tertiary/aromatic N) is 3. The van der Waals surface area contributed by atoms with Crippen molar-refractivity contribution >= 4 is 17.5 Å². The summed E-state index contributed by atoms with van der Waals surface area (Å²) >= 11 is 0. The first kappa shape index (κ1) is 20.6. The summed E-state index contributed by atoms with van der Waals surface area (Å²) in [7, 11) is 0. The van der Waals surface area contributed by atoms with Crippen molar-refractivity contribution in [2.45, 2.75) is 19.1 Å². The lowest BCUT2D eigenvalue weighted by Gasteiger charge is -2.18. The van der Waals surface area contributed by atoms with Gasteiger partial charge in [-0.15, -0.1) is 0 Å². The van der Waals surface area contributed by atoms with Gasteiger partial charge < -0.3 is 10.2 Å². The lowest BCUT2D eigenvalue weighted by molar-refractivity contribution is -0.137. The molecule has 31 heavy (non-hydrogen) atoms. The Balaban J connectivity index is 1.53. The van der Waals surface area contributed by atoms with Crippen LogP contribution in [0.2, 0.25) is 0 Å². The van der Waals surface area contributed by atoms with E-state index >= 15 is 0 Å². The number of benzene rings is 2. The van der Waals surface area contributed by atoms with Crippen molar-refractivity contribution < 1.29 is 22.8 Å². The van der Waals surface area contributed by atoms with Gasteiger partial charge in [0, 0.05) is 31.9 Å². The molecule has 0 radical (unpaired) electrons. The van der Waals surface area contributed by atoms with Crippen molar-refractivity contribution in [2.75, 3.05) is 11.9 Å². The Bertz CT molecular complexity index is 1080. The predicted molar refractivity (Wildman–Crippen MR) is 107 cm³/mol. The van der Waals surface area contributed by atoms with Crippen LogP contribution in [0.25, 0.3) is 5.69 Å². The standard InChI is InChI=1S/C22H19F3N4O2/c23-22(24,25)17-7-8-19(29-10-4-9-26-29)18(12-17)27-21(31)16-11-20(30)28(14-16)13-15-5-2-1-3-6-15/h1-10,12,16H,11,13-14H2,(H,27,31). The number of hydrogen-bond donors (Lipinski definition) is 1. The number of amides is 2. The Morgan fingerprint density at radius 1 is 1.13 bits per heavy atom. The second-order valence-electron chi connectivity index (χ2n) is 7.33. The second kappa shape index (κ2) is 8.25. The number of anilines is 1. The smallest absolute Gasteiger partial charge is 0.338 e. The van der Waals surface area contributed by atoms with E-state index in [2.05, 4.69) is 10.4 Å². The second-order valence-corrected chi connectivity index (χ2v) is 7.33. The predicted octanol–water partition coefficient (Wildman–Crippen LogP) is 3.88. The van der Waals surface area contributed by atoms with Gasteiger partial charge in [-0.2, -0.15) is 18.3 Å². The van der Waals surface area contributed by atoms with E-state index in [0.29, 0.717) is 12.2 Å². The summed E-state index contributed by atoms with van der Waals surface area (Å²) in [6, 6.07) is 14.1. The number of carbonyl (C=O) groups excluding carboxylic acids is 2. The molecule has 1 aliphatic heterocycles. The number of alkyl halides is 3. The zero-order chi connectivity index (χ0) is 22.0. The molecule has 1 unspecified atom stereocenters. The van der Waals surface area contributed by atoms with Gasteiger partial charge in [-0.05, 0) is 29.8 Å². The molecule has 4 rings (SSSR count). The third kappa shape index (κ3) is 4.60. The van der Waals surface area contributed by atoms with E-state index in [4.69, 9.17) is 0 Å². The van der Waals surface area contributed by atoms with E-state index in [9.17, 15) is 22.8 Å². The quantitative estimate of drug-likeness (QED) is 0.671. The van der Waals surface area contributed by atoms with Crippen LogP contribution >= 0.6 is 0 Å². The number of halogens is 3. The Morgan fingerprint density at radius 2 is 1.90 bits per heavy atom. The average Bonchev–Trinajstić information content (AvgIpc) is 3.39. The minimum atomic E-state index is -4.56. The number of nitrogens with one attached hydrogen (secondary N) is 1.